The van der Waals surface area contributed by atoms with Gasteiger partial charge in [-0.1, -0.05) is 225 Å². The van der Waals surface area contributed by atoms with Crippen molar-refractivity contribution in [2.45, 2.75) is 283 Å². The summed E-state index contributed by atoms with van der Waals surface area (Å²) in [5, 5.41) is 23.6. The molecule has 0 bridgehead atoms. The maximum Gasteiger partial charge on any atom is 0.306 e. The molecule has 0 aromatic carbocycles. The number of aliphatic hydroxyl groups excluding tert-OH is 2. The summed E-state index contributed by atoms with van der Waals surface area (Å²) < 4.78 is 5.91. The molecular formula is C51H97NO5. The van der Waals surface area contributed by atoms with Crippen molar-refractivity contribution in [2.24, 2.45) is 0 Å². The fourth-order valence-corrected chi connectivity index (χ4v) is 7.72. The number of esters is 1. The Morgan fingerprint density at radius 2 is 0.877 bits per heavy atom. The van der Waals surface area contributed by atoms with E-state index in [1.165, 1.54) is 161 Å². The summed E-state index contributed by atoms with van der Waals surface area (Å²) >= 11 is 0. The van der Waals surface area contributed by atoms with Gasteiger partial charge in [-0.2, -0.15) is 0 Å². The molecule has 3 N–H and O–H groups in total. The molecule has 6 nitrogen and oxygen atoms in total. The molecule has 0 saturated heterocycles. The third-order valence-electron chi connectivity index (χ3n) is 11.6. The summed E-state index contributed by atoms with van der Waals surface area (Å²) in [6.45, 7) is 6.46. The number of carbonyl (C=O) groups is 2. The summed E-state index contributed by atoms with van der Waals surface area (Å²) in [5.74, 6) is -0.482. The van der Waals surface area contributed by atoms with Gasteiger partial charge in [0, 0.05) is 6.42 Å². The highest BCUT2D eigenvalue weighted by Crippen LogP contribution is 2.18. The zero-order valence-corrected chi connectivity index (χ0v) is 38.2. The molecule has 0 aliphatic heterocycles. The van der Waals surface area contributed by atoms with Crippen LogP contribution in [0.3, 0.4) is 0 Å². The molecule has 0 aromatic heterocycles. The number of carbonyl (C=O) groups excluding carboxylic acids is 2. The van der Waals surface area contributed by atoms with Crippen molar-refractivity contribution < 1.29 is 24.5 Å². The van der Waals surface area contributed by atoms with Crippen LogP contribution in [0.5, 0.6) is 0 Å². The highest BCUT2D eigenvalue weighted by molar-refractivity contribution is 5.77. The second-order valence-electron chi connectivity index (χ2n) is 17.3. The van der Waals surface area contributed by atoms with Gasteiger partial charge in [0.2, 0.25) is 5.91 Å². The molecule has 0 fully saturated rings. The highest BCUT2D eigenvalue weighted by atomic mass is 16.5. The Bertz CT molecular complexity index is 904. The number of hydrogen-bond donors (Lipinski definition) is 3. The van der Waals surface area contributed by atoms with Gasteiger partial charge in [0.05, 0.1) is 25.2 Å². The molecule has 0 spiro atoms. The summed E-state index contributed by atoms with van der Waals surface area (Å²) in [6, 6.07) is -0.698. The summed E-state index contributed by atoms with van der Waals surface area (Å²) in [6.07, 6.45) is 51.0. The maximum absolute atomic E-state index is 13.1. The number of ether oxygens (including phenoxy) is 1. The third kappa shape index (κ3) is 40.9. The minimum atomic E-state index is -0.784. The van der Waals surface area contributed by atoms with Gasteiger partial charge < -0.3 is 20.3 Å². The van der Waals surface area contributed by atoms with E-state index in [0.29, 0.717) is 19.3 Å². The first-order valence-corrected chi connectivity index (χ1v) is 25.1. The normalized spacial score (nSPS) is 13.4. The molecule has 336 valence electrons. The molecule has 3 atom stereocenters. The quantitative estimate of drug-likeness (QED) is 0.0324. The first-order valence-electron chi connectivity index (χ1n) is 25.1. The molecule has 0 heterocycles. The molecule has 57 heavy (non-hydrogen) atoms. The Balaban J connectivity index is 4.51. The van der Waals surface area contributed by atoms with Crippen LogP contribution in [0.4, 0.5) is 0 Å². The fraction of sp³-hybridized carbons (Fsp3) is 0.882. The van der Waals surface area contributed by atoms with E-state index in [4.69, 9.17) is 4.74 Å². The largest absolute Gasteiger partial charge is 0.462 e. The first-order chi connectivity index (χ1) is 28.0. The van der Waals surface area contributed by atoms with Crippen LogP contribution in [0.1, 0.15) is 265 Å². The number of hydrogen-bond acceptors (Lipinski definition) is 5. The first kappa shape index (κ1) is 55.3. The molecule has 0 aromatic rings. The van der Waals surface area contributed by atoms with E-state index in [2.05, 4.69) is 50.4 Å². The van der Waals surface area contributed by atoms with Crippen molar-refractivity contribution in [3.8, 4) is 0 Å². The predicted molar refractivity (Wildman–Crippen MR) is 246 cm³/mol. The molecular weight excluding hydrogens is 707 g/mol. The molecule has 3 unspecified atom stereocenters. The van der Waals surface area contributed by atoms with E-state index in [9.17, 15) is 19.8 Å². The lowest BCUT2D eigenvalue weighted by atomic mass is 10.0. The standard InChI is InChI=1S/C51H97NO5/c1-4-7-10-13-16-19-21-22-23-24-25-26-27-29-32-35-38-41-44-51(56)57-47(42-39-36-33-31-28-20-17-14-11-8-5-2)45-50(55)52-48(46-53)49(54)43-40-37-34-30-18-15-12-9-6-3/h23-26,47-49,53-54H,4-22,27-46H2,1-3H3,(H,52,55)/b24-23+,26-25+. The average Bonchev–Trinajstić information content (AvgIpc) is 3.20. The molecule has 0 saturated carbocycles. The van der Waals surface area contributed by atoms with E-state index in [-0.39, 0.29) is 24.9 Å². The summed E-state index contributed by atoms with van der Waals surface area (Å²) in [7, 11) is 0. The number of nitrogens with one attached hydrogen (secondary N) is 1. The van der Waals surface area contributed by atoms with Gasteiger partial charge in [-0.25, -0.2) is 0 Å². The van der Waals surface area contributed by atoms with Gasteiger partial charge in [-0.05, 0) is 51.4 Å². The summed E-state index contributed by atoms with van der Waals surface area (Å²) in [4.78, 5) is 26.0. The molecule has 6 heteroatoms. The van der Waals surface area contributed by atoms with Crippen molar-refractivity contribution in [3.63, 3.8) is 0 Å². The Hall–Kier alpha value is -1.66. The van der Waals surface area contributed by atoms with Crippen LogP contribution in [0.2, 0.25) is 0 Å². The van der Waals surface area contributed by atoms with Crippen molar-refractivity contribution in [1.29, 1.82) is 0 Å². The molecule has 0 aliphatic carbocycles. The van der Waals surface area contributed by atoms with Gasteiger partial charge in [0.1, 0.15) is 6.10 Å². The number of aliphatic hydroxyl groups is 2. The number of amides is 1. The van der Waals surface area contributed by atoms with E-state index < -0.39 is 18.2 Å². The number of unbranched alkanes of at least 4 members (excludes halogenated alkanes) is 30. The molecule has 0 rings (SSSR count). The summed E-state index contributed by atoms with van der Waals surface area (Å²) in [5.41, 5.74) is 0. The van der Waals surface area contributed by atoms with Gasteiger partial charge in [0.15, 0.2) is 0 Å². The average molecular weight is 804 g/mol. The van der Waals surface area contributed by atoms with Gasteiger partial charge in [-0.3, -0.25) is 9.59 Å². The number of rotatable bonds is 45. The SMILES string of the molecule is CCCCCCCCC/C=C/C=C/CCCCCCCC(=O)OC(CCCCCCCCCCCCC)CC(=O)NC(CO)C(O)CCCCCCCCCCC. The Labute approximate surface area is 354 Å². The fourth-order valence-electron chi connectivity index (χ4n) is 7.72. The van der Waals surface area contributed by atoms with E-state index in [1.54, 1.807) is 0 Å². The third-order valence-corrected chi connectivity index (χ3v) is 11.6. The Morgan fingerprint density at radius 1 is 0.509 bits per heavy atom. The molecule has 1 amide bonds. The lowest BCUT2D eigenvalue weighted by Crippen LogP contribution is -2.46. The van der Waals surface area contributed by atoms with Crippen LogP contribution in [-0.4, -0.2) is 46.9 Å². The van der Waals surface area contributed by atoms with Crippen LogP contribution in [0, 0.1) is 0 Å². The number of allylic oxidation sites excluding steroid dienone is 4. The lowest BCUT2D eigenvalue weighted by Gasteiger charge is -2.24. The smallest absolute Gasteiger partial charge is 0.306 e. The molecule has 0 radical (unpaired) electrons. The molecule has 0 aliphatic rings. The maximum atomic E-state index is 13.1. The monoisotopic (exact) mass is 804 g/mol. The second kappa shape index (κ2) is 45.4. The highest BCUT2D eigenvalue weighted by Gasteiger charge is 2.24. The predicted octanol–water partition coefficient (Wildman–Crippen LogP) is 14.7. The van der Waals surface area contributed by atoms with Gasteiger partial charge in [0.25, 0.3) is 0 Å². The van der Waals surface area contributed by atoms with Crippen molar-refractivity contribution in [3.05, 3.63) is 24.3 Å². The van der Waals surface area contributed by atoms with Crippen LogP contribution in [-0.2, 0) is 14.3 Å². The Kier molecular flexibility index (Phi) is 44.1. The topological polar surface area (TPSA) is 95.9 Å². The van der Waals surface area contributed by atoms with E-state index in [1.807, 2.05) is 0 Å². The lowest BCUT2D eigenvalue weighted by molar-refractivity contribution is -0.151. The van der Waals surface area contributed by atoms with E-state index in [0.717, 1.165) is 57.8 Å². The second-order valence-corrected chi connectivity index (χ2v) is 17.3. The van der Waals surface area contributed by atoms with Gasteiger partial charge >= 0.3 is 5.97 Å². The zero-order valence-electron chi connectivity index (χ0n) is 38.2. The Morgan fingerprint density at radius 3 is 1.30 bits per heavy atom. The zero-order chi connectivity index (χ0) is 41.7. The minimum Gasteiger partial charge on any atom is -0.462 e. The van der Waals surface area contributed by atoms with Crippen molar-refractivity contribution >= 4 is 11.9 Å². The van der Waals surface area contributed by atoms with E-state index >= 15 is 0 Å². The minimum absolute atomic E-state index is 0.0760. The van der Waals surface area contributed by atoms with Crippen molar-refractivity contribution in [1.82, 2.24) is 5.32 Å². The van der Waals surface area contributed by atoms with Crippen molar-refractivity contribution in [2.75, 3.05) is 6.61 Å². The van der Waals surface area contributed by atoms with Crippen LogP contribution >= 0.6 is 0 Å². The van der Waals surface area contributed by atoms with Crippen LogP contribution in [0.15, 0.2) is 24.3 Å². The van der Waals surface area contributed by atoms with Crippen LogP contribution < -0.4 is 5.32 Å². The van der Waals surface area contributed by atoms with Gasteiger partial charge in [-0.15, -0.1) is 0 Å². The van der Waals surface area contributed by atoms with Crippen LogP contribution in [0.25, 0.3) is 0 Å².